The van der Waals surface area contributed by atoms with E-state index in [4.69, 9.17) is 0 Å². The molecule has 0 aliphatic heterocycles. The van der Waals surface area contributed by atoms with Gasteiger partial charge in [0.1, 0.15) is 11.2 Å². The van der Waals surface area contributed by atoms with Gasteiger partial charge in [-0.05, 0) is 25.8 Å². The van der Waals surface area contributed by atoms with E-state index >= 15 is 0 Å². The Morgan fingerprint density at radius 2 is 2.13 bits per heavy atom. The second-order valence-corrected chi connectivity index (χ2v) is 7.19. The van der Waals surface area contributed by atoms with Crippen molar-refractivity contribution in [2.24, 2.45) is 0 Å². The molecule has 2 aromatic rings. The van der Waals surface area contributed by atoms with Crippen molar-refractivity contribution >= 4 is 27.5 Å². The molecule has 2 aromatic heterocycles. The molecule has 1 aliphatic rings. The van der Waals surface area contributed by atoms with E-state index in [1.54, 1.807) is 0 Å². The Labute approximate surface area is 133 Å². The predicted octanol–water partition coefficient (Wildman–Crippen LogP) is 1.76. The lowest BCUT2D eigenvalue weighted by atomic mass is 10.2. The van der Waals surface area contributed by atoms with Crippen LogP contribution in [0.3, 0.4) is 0 Å². The summed E-state index contributed by atoms with van der Waals surface area (Å²) in [6.07, 6.45) is 1.92. The summed E-state index contributed by atoms with van der Waals surface area (Å²) in [5.41, 5.74) is -0.459. The molecule has 1 fully saturated rings. The largest absolute Gasteiger partial charge is 0.364 e. The van der Waals surface area contributed by atoms with Crippen molar-refractivity contribution in [1.82, 2.24) is 14.5 Å². The first-order valence-corrected chi connectivity index (χ1v) is 8.66. The van der Waals surface area contributed by atoms with Crippen molar-refractivity contribution in [3.05, 3.63) is 22.6 Å². The molecule has 6 nitrogen and oxygen atoms in total. The van der Waals surface area contributed by atoms with Gasteiger partial charge in [-0.3, -0.25) is 9.00 Å². The van der Waals surface area contributed by atoms with E-state index in [0.29, 0.717) is 5.52 Å². The Morgan fingerprint density at radius 3 is 2.70 bits per heavy atom. The number of fused-ring (bicyclic) bond motifs is 1. The SMILES string of the molecule is CS(=O)c1nc(NC2(C)CC2)c2c(=O)n(CC(F)F)ccc2n1. The van der Waals surface area contributed by atoms with Gasteiger partial charge < -0.3 is 9.88 Å². The summed E-state index contributed by atoms with van der Waals surface area (Å²) in [6.45, 7) is 1.29. The van der Waals surface area contributed by atoms with Crippen molar-refractivity contribution in [2.45, 2.75) is 43.4 Å². The highest BCUT2D eigenvalue weighted by molar-refractivity contribution is 7.84. The van der Waals surface area contributed by atoms with Crippen LogP contribution in [0.25, 0.3) is 10.9 Å². The second kappa shape index (κ2) is 5.63. The number of nitrogens with zero attached hydrogens (tertiary/aromatic N) is 3. The number of pyridine rings is 1. The predicted molar refractivity (Wildman–Crippen MR) is 83.4 cm³/mol. The Hall–Kier alpha value is -1.90. The molecule has 0 saturated heterocycles. The van der Waals surface area contributed by atoms with Crippen LogP contribution >= 0.6 is 0 Å². The lowest BCUT2D eigenvalue weighted by molar-refractivity contribution is 0.125. The molecule has 1 saturated carbocycles. The minimum absolute atomic E-state index is 0.107. The van der Waals surface area contributed by atoms with Crippen molar-refractivity contribution < 1.29 is 13.0 Å². The zero-order valence-electron chi connectivity index (χ0n) is 12.7. The summed E-state index contributed by atoms with van der Waals surface area (Å²) in [6, 6.07) is 1.47. The molecule has 0 aromatic carbocycles. The second-order valence-electron chi connectivity index (χ2n) is 5.92. The average Bonchev–Trinajstić information content (AvgIpc) is 3.18. The normalized spacial score (nSPS) is 17.4. The summed E-state index contributed by atoms with van der Waals surface area (Å²) in [7, 11) is -1.42. The third kappa shape index (κ3) is 3.24. The van der Waals surface area contributed by atoms with Gasteiger partial charge in [-0.2, -0.15) is 0 Å². The average molecular weight is 342 g/mol. The van der Waals surface area contributed by atoms with Crippen LogP contribution < -0.4 is 10.9 Å². The van der Waals surface area contributed by atoms with Crippen molar-refractivity contribution in [1.29, 1.82) is 0 Å². The first kappa shape index (κ1) is 16.0. The van der Waals surface area contributed by atoms with Gasteiger partial charge in [0, 0.05) is 18.0 Å². The zero-order valence-corrected chi connectivity index (χ0v) is 13.5. The molecule has 23 heavy (non-hydrogen) atoms. The molecule has 0 amide bonds. The minimum atomic E-state index is -2.63. The third-order valence-electron chi connectivity index (χ3n) is 3.82. The Bertz CT molecular complexity index is 849. The fraction of sp³-hybridized carbons (Fsp3) is 0.500. The van der Waals surface area contributed by atoms with Gasteiger partial charge in [0.05, 0.1) is 22.9 Å². The first-order chi connectivity index (χ1) is 10.8. The third-order valence-corrected chi connectivity index (χ3v) is 4.51. The van der Waals surface area contributed by atoms with Gasteiger partial charge >= 0.3 is 0 Å². The lowest BCUT2D eigenvalue weighted by Gasteiger charge is -2.15. The maximum Gasteiger partial charge on any atom is 0.263 e. The number of hydrogen-bond acceptors (Lipinski definition) is 5. The number of halogens is 2. The van der Waals surface area contributed by atoms with Crippen molar-refractivity contribution in [2.75, 3.05) is 11.6 Å². The first-order valence-electron chi connectivity index (χ1n) is 7.10. The van der Waals surface area contributed by atoms with E-state index in [1.807, 2.05) is 6.92 Å². The molecule has 1 unspecified atom stereocenters. The molecule has 124 valence electrons. The van der Waals surface area contributed by atoms with Crippen molar-refractivity contribution in [3.8, 4) is 0 Å². The number of aromatic nitrogens is 3. The van der Waals surface area contributed by atoms with Crippen LogP contribution in [-0.2, 0) is 17.3 Å². The molecular formula is C14H16F2N4O2S. The van der Waals surface area contributed by atoms with E-state index in [-0.39, 0.29) is 21.9 Å². The maximum absolute atomic E-state index is 12.6. The van der Waals surface area contributed by atoms with Gasteiger partial charge in [0.15, 0.2) is 0 Å². The lowest BCUT2D eigenvalue weighted by Crippen LogP contribution is -2.26. The highest BCUT2D eigenvalue weighted by Gasteiger charge is 2.38. The van der Waals surface area contributed by atoms with E-state index in [0.717, 1.165) is 17.4 Å². The quantitative estimate of drug-likeness (QED) is 0.838. The molecule has 1 atom stereocenters. The highest BCUT2D eigenvalue weighted by atomic mass is 32.2. The summed E-state index contributed by atoms with van der Waals surface area (Å²) in [4.78, 5) is 20.8. The molecule has 1 N–H and O–H groups in total. The van der Waals surface area contributed by atoms with Crippen LogP contribution in [0.15, 0.2) is 22.2 Å². The van der Waals surface area contributed by atoms with E-state index in [1.165, 1.54) is 18.5 Å². The van der Waals surface area contributed by atoms with Gasteiger partial charge in [-0.1, -0.05) is 0 Å². The summed E-state index contributed by atoms with van der Waals surface area (Å²) >= 11 is 0. The van der Waals surface area contributed by atoms with Crippen LogP contribution in [0, 0.1) is 0 Å². The molecule has 9 heteroatoms. The van der Waals surface area contributed by atoms with Crippen LogP contribution in [-0.4, -0.2) is 37.0 Å². The molecule has 0 radical (unpaired) electrons. The van der Waals surface area contributed by atoms with Crippen LogP contribution in [0.2, 0.25) is 0 Å². The fourth-order valence-electron chi connectivity index (χ4n) is 2.27. The summed E-state index contributed by atoms with van der Waals surface area (Å²) < 4.78 is 37.9. The minimum Gasteiger partial charge on any atom is -0.364 e. The Balaban J connectivity index is 2.21. The smallest absolute Gasteiger partial charge is 0.263 e. The molecular weight excluding hydrogens is 326 g/mol. The van der Waals surface area contributed by atoms with Crippen LogP contribution in [0.4, 0.5) is 14.6 Å². The number of rotatable bonds is 5. The van der Waals surface area contributed by atoms with E-state index < -0.39 is 29.3 Å². The molecule has 0 bridgehead atoms. The van der Waals surface area contributed by atoms with Gasteiger partial charge in [0.25, 0.3) is 12.0 Å². The molecule has 1 aliphatic carbocycles. The maximum atomic E-state index is 12.6. The molecule has 2 heterocycles. The van der Waals surface area contributed by atoms with Crippen molar-refractivity contribution in [3.63, 3.8) is 0 Å². The summed E-state index contributed by atoms with van der Waals surface area (Å²) in [5, 5.41) is 3.42. The Kier molecular flexibility index (Phi) is 3.91. The highest BCUT2D eigenvalue weighted by Crippen LogP contribution is 2.38. The zero-order chi connectivity index (χ0) is 16.8. The number of alkyl halides is 2. The number of anilines is 1. The van der Waals surface area contributed by atoms with Crippen LogP contribution in [0.1, 0.15) is 19.8 Å². The topological polar surface area (TPSA) is 76.9 Å². The summed E-state index contributed by atoms with van der Waals surface area (Å²) in [5.74, 6) is 0.258. The van der Waals surface area contributed by atoms with Gasteiger partial charge in [0.2, 0.25) is 5.16 Å². The monoisotopic (exact) mass is 342 g/mol. The number of hydrogen-bond donors (Lipinski definition) is 1. The van der Waals surface area contributed by atoms with Gasteiger partial charge in [-0.25, -0.2) is 18.7 Å². The Morgan fingerprint density at radius 1 is 1.43 bits per heavy atom. The van der Waals surface area contributed by atoms with E-state index in [9.17, 15) is 17.8 Å². The molecule has 3 rings (SSSR count). The number of nitrogens with one attached hydrogen (secondary N) is 1. The standard InChI is InChI=1S/C14H16F2N4O2S/c1-14(4-5-14)19-11-10-8(17-13(18-11)23(2)22)3-6-20(12(10)21)7-9(15)16/h3,6,9H,4-5,7H2,1-2H3,(H,17,18,19). The van der Waals surface area contributed by atoms with Crippen LogP contribution in [0.5, 0.6) is 0 Å². The van der Waals surface area contributed by atoms with E-state index in [2.05, 4.69) is 15.3 Å². The van der Waals surface area contributed by atoms with Gasteiger partial charge in [-0.15, -0.1) is 0 Å². The molecule has 0 spiro atoms. The fourth-order valence-corrected chi connectivity index (χ4v) is 2.72.